The van der Waals surface area contributed by atoms with Crippen molar-refractivity contribution in [3.63, 3.8) is 0 Å². The third-order valence-electron chi connectivity index (χ3n) is 6.52. The Hall–Kier alpha value is -4.27. The normalized spacial score (nSPS) is 13.2. The van der Waals surface area contributed by atoms with Gasteiger partial charge in [0.2, 0.25) is 16.0 Å². The number of sulfonamides is 1. The van der Waals surface area contributed by atoms with Crippen LogP contribution in [0.15, 0.2) is 48.8 Å². The van der Waals surface area contributed by atoms with Crippen molar-refractivity contribution in [3.8, 4) is 28.7 Å². The number of hydrogen-bond donors (Lipinski definition) is 2. The van der Waals surface area contributed by atoms with Gasteiger partial charge in [0.25, 0.3) is 0 Å². The second kappa shape index (κ2) is 11.3. The topological polar surface area (TPSA) is 159 Å². The SMILES string of the molecule is COc1cccc(OC)c1-n1c(NS(=O)(=O)C(C)[C@H](OC)c2ncc(Cl)cn2)nnc1-c1n[nH]c2ccc(C)cc12. The van der Waals surface area contributed by atoms with Crippen LogP contribution in [0.25, 0.3) is 28.1 Å². The maximum atomic E-state index is 13.7. The van der Waals surface area contributed by atoms with Crippen molar-refractivity contribution in [1.29, 1.82) is 0 Å². The lowest BCUT2D eigenvalue weighted by Gasteiger charge is -2.22. The zero-order valence-corrected chi connectivity index (χ0v) is 24.4. The molecule has 0 aliphatic heterocycles. The Balaban J connectivity index is 1.67. The summed E-state index contributed by atoms with van der Waals surface area (Å²) in [6.45, 7) is 3.44. The number of aromatic amines is 1. The summed E-state index contributed by atoms with van der Waals surface area (Å²) in [6, 6.07) is 11.0. The fourth-order valence-corrected chi connectivity index (χ4v) is 5.65. The summed E-state index contributed by atoms with van der Waals surface area (Å²) >= 11 is 5.91. The average Bonchev–Trinajstić information content (AvgIpc) is 3.56. The molecule has 0 radical (unpaired) electrons. The third-order valence-corrected chi connectivity index (χ3v) is 8.41. The van der Waals surface area contributed by atoms with Gasteiger partial charge in [-0.05, 0) is 38.1 Å². The van der Waals surface area contributed by atoms with Gasteiger partial charge in [0.15, 0.2) is 11.6 Å². The maximum absolute atomic E-state index is 13.7. The van der Waals surface area contributed by atoms with E-state index in [4.69, 9.17) is 25.8 Å². The molecule has 2 N–H and O–H groups in total. The highest BCUT2D eigenvalue weighted by molar-refractivity contribution is 7.93. The van der Waals surface area contributed by atoms with Crippen LogP contribution in [0.5, 0.6) is 11.5 Å². The Morgan fingerprint density at radius 1 is 1.02 bits per heavy atom. The van der Waals surface area contributed by atoms with E-state index in [-0.39, 0.29) is 17.6 Å². The number of ether oxygens (including phenoxy) is 3. The molecule has 5 aromatic rings. The molecule has 0 amide bonds. The van der Waals surface area contributed by atoms with Gasteiger partial charge in [-0.1, -0.05) is 29.3 Å². The molecule has 0 aliphatic carbocycles. The summed E-state index contributed by atoms with van der Waals surface area (Å²) in [6.07, 6.45) is 1.73. The number of anilines is 1. The lowest BCUT2D eigenvalue weighted by Crippen LogP contribution is -2.33. The molecule has 214 valence electrons. The van der Waals surface area contributed by atoms with Crippen molar-refractivity contribution in [2.24, 2.45) is 0 Å². The molecule has 3 aromatic heterocycles. The fraction of sp³-hybridized carbons (Fsp3) is 0.269. The van der Waals surface area contributed by atoms with E-state index in [2.05, 4.69) is 35.1 Å². The largest absolute Gasteiger partial charge is 0.494 e. The first kappa shape index (κ1) is 28.3. The van der Waals surface area contributed by atoms with E-state index in [9.17, 15) is 8.42 Å². The lowest BCUT2D eigenvalue weighted by atomic mass is 10.1. The molecular weight excluding hydrogens is 572 g/mol. The summed E-state index contributed by atoms with van der Waals surface area (Å²) in [5, 5.41) is 16.0. The van der Waals surface area contributed by atoms with Crippen LogP contribution in [0.3, 0.4) is 0 Å². The zero-order chi connectivity index (χ0) is 29.3. The van der Waals surface area contributed by atoms with Crippen LogP contribution in [-0.4, -0.2) is 69.9 Å². The number of fused-ring (bicyclic) bond motifs is 1. The smallest absolute Gasteiger partial charge is 0.243 e. The highest BCUT2D eigenvalue weighted by Gasteiger charge is 2.35. The number of para-hydroxylation sites is 1. The first-order valence-electron chi connectivity index (χ1n) is 12.3. The summed E-state index contributed by atoms with van der Waals surface area (Å²) in [5.74, 6) is 1.06. The highest BCUT2D eigenvalue weighted by atomic mass is 35.5. The molecule has 0 saturated heterocycles. The van der Waals surface area contributed by atoms with Gasteiger partial charge in [0.05, 0.1) is 24.8 Å². The molecule has 5 rings (SSSR count). The van der Waals surface area contributed by atoms with Gasteiger partial charge in [-0.25, -0.2) is 18.4 Å². The van der Waals surface area contributed by atoms with Crippen LogP contribution in [0.2, 0.25) is 5.02 Å². The van der Waals surface area contributed by atoms with Gasteiger partial charge in [-0.3, -0.25) is 14.4 Å². The molecule has 13 nitrogen and oxygen atoms in total. The molecule has 0 spiro atoms. The number of hydrogen-bond acceptors (Lipinski definition) is 10. The van der Waals surface area contributed by atoms with Crippen molar-refractivity contribution < 1.29 is 22.6 Å². The minimum absolute atomic E-state index is 0.120. The number of aromatic nitrogens is 7. The summed E-state index contributed by atoms with van der Waals surface area (Å²) in [5.41, 5.74) is 2.60. The quantitative estimate of drug-likeness (QED) is 0.240. The highest BCUT2D eigenvalue weighted by Crippen LogP contribution is 2.39. The minimum atomic E-state index is -4.18. The van der Waals surface area contributed by atoms with E-state index in [1.165, 1.54) is 45.2 Å². The molecule has 0 saturated carbocycles. The second-order valence-corrected chi connectivity index (χ2v) is 11.6. The third kappa shape index (κ3) is 5.28. The van der Waals surface area contributed by atoms with Gasteiger partial charge >= 0.3 is 0 Å². The number of methoxy groups -OCH3 is 3. The van der Waals surface area contributed by atoms with E-state index in [0.29, 0.717) is 27.9 Å². The molecule has 1 unspecified atom stereocenters. The Morgan fingerprint density at radius 3 is 2.34 bits per heavy atom. The van der Waals surface area contributed by atoms with Crippen LogP contribution >= 0.6 is 11.6 Å². The summed E-state index contributed by atoms with van der Waals surface area (Å²) in [7, 11) is 0.190. The van der Waals surface area contributed by atoms with Crippen molar-refractivity contribution in [2.45, 2.75) is 25.2 Å². The number of halogens is 1. The maximum Gasteiger partial charge on any atom is 0.243 e. The van der Waals surface area contributed by atoms with Crippen molar-refractivity contribution >= 4 is 38.5 Å². The van der Waals surface area contributed by atoms with Crippen LogP contribution in [-0.2, 0) is 14.8 Å². The first-order valence-corrected chi connectivity index (χ1v) is 14.2. The molecule has 0 fully saturated rings. The van der Waals surface area contributed by atoms with Crippen molar-refractivity contribution in [2.75, 3.05) is 26.1 Å². The minimum Gasteiger partial charge on any atom is -0.494 e. The van der Waals surface area contributed by atoms with E-state index >= 15 is 0 Å². The molecule has 2 aromatic carbocycles. The first-order chi connectivity index (χ1) is 19.7. The number of aryl methyl sites for hydroxylation is 1. The van der Waals surface area contributed by atoms with Gasteiger partial charge in [0.1, 0.15) is 34.2 Å². The van der Waals surface area contributed by atoms with Gasteiger partial charge in [0, 0.05) is 24.9 Å². The Morgan fingerprint density at radius 2 is 1.71 bits per heavy atom. The van der Waals surface area contributed by atoms with Crippen molar-refractivity contribution in [1.82, 2.24) is 34.9 Å². The summed E-state index contributed by atoms with van der Waals surface area (Å²) < 4.78 is 48.3. The molecule has 2 atom stereocenters. The number of nitrogens with zero attached hydrogens (tertiary/aromatic N) is 6. The number of nitrogens with one attached hydrogen (secondary N) is 2. The molecule has 15 heteroatoms. The Bertz CT molecular complexity index is 1780. The van der Waals surface area contributed by atoms with Gasteiger partial charge < -0.3 is 14.2 Å². The van der Waals surface area contributed by atoms with Gasteiger partial charge in [-0.15, -0.1) is 10.2 Å². The predicted octanol–water partition coefficient (Wildman–Crippen LogP) is 4.10. The zero-order valence-electron chi connectivity index (χ0n) is 22.8. The Labute approximate surface area is 240 Å². The van der Waals surface area contributed by atoms with Crippen LogP contribution < -0.4 is 14.2 Å². The fourth-order valence-electron chi connectivity index (χ4n) is 4.42. The van der Waals surface area contributed by atoms with Crippen molar-refractivity contribution in [3.05, 3.63) is 65.2 Å². The van der Waals surface area contributed by atoms with Crippen LogP contribution in [0.4, 0.5) is 5.95 Å². The molecule has 41 heavy (non-hydrogen) atoms. The molecule has 0 aliphatic rings. The molecular formula is C26H27ClN8O5S. The van der Waals surface area contributed by atoms with E-state index in [1.807, 2.05) is 25.1 Å². The van der Waals surface area contributed by atoms with E-state index in [1.54, 1.807) is 18.2 Å². The average molecular weight is 599 g/mol. The van der Waals surface area contributed by atoms with E-state index in [0.717, 1.165) is 16.5 Å². The number of benzene rings is 2. The molecule has 0 bridgehead atoms. The van der Waals surface area contributed by atoms with Crippen LogP contribution in [0.1, 0.15) is 24.4 Å². The number of H-pyrrole nitrogens is 1. The summed E-state index contributed by atoms with van der Waals surface area (Å²) in [4.78, 5) is 8.27. The van der Waals surface area contributed by atoms with Gasteiger partial charge in [-0.2, -0.15) is 5.10 Å². The lowest BCUT2D eigenvalue weighted by molar-refractivity contribution is 0.0950. The molecule has 3 heterocycles. The van der Waals surface area contributed by atoms with E-state index < -0.39 is 21.4 Å². The monoisotopic (exact) mass is 598 g/mol. The number of rotatable bonds is 10. The predicted molar refractivity (Wildman–Crippen MR) is 153 cm³/mol. The standard InChI is InChI=1S/C26H27ClN8O5S/c1-14-9-10-18-17(11-14)21(31-30-18)25-32-33-26(35(25)22-19(38-3)7-6-8-20(22)39-4)34-41(36,37)15(2)23(40-5)24-28-12-16(27)13-29-24/h6-13,15,23H,1-5H3,(H,30,31)(H,33,34)/t15?,23-/m0/s1. The Kier molecular flexibility index (Phi) is 7.80. The second-order valence-electron chi connectivity index (χ2n) is 9.08. The van der Waals surface area contributed by atoms with Crippen LogP contribution in [0, 0.1) is 6.92 Å².